The van der Waals surface area contributed by atoms with Crippen LogP contribution in [0.3, 0.4) is 0 Å². The number of nitrogens with zero attached hydrogens (tertiary/aromatic N) is 1. The average molecular weight is 467 g/mol. The van der Waals surface area contributed by atoms with Gasteiger partial charge in [0.2, 0.25) is 5.91 Å². The molecule has 0 bridgehead atoms. The minimum atomic E-state index is 0.0156. The van der Waals surface area contributed by atoms with Gasteiger partial charge in [-0.05, 0) is 76.6 Å². The monoisotopic (exact) mass is 465 g/mol. The Kier molecular flexibility index (Phi) is 5.27. The number of hydrogen-bond donors (Lipinski definition) is 0. The van der Waals surface area contributed by atoms with Crippen LogP contribution in [0, 0.1) is 0 Å². The van der Waals surface area contributed by atoms with Crippen LogP contribution < -0.4 is 9.64 Å². The second-order valence-corrected chi connectivity index (χ2v) is 9.62. The van der Waals surface area contributed by atoms with E-state index in [1.54, 1.807) is 35.2 Å². The molecule has 3 nitrogen and oxygen atoms in total. The van der Waals surface area contributed by atoms with Crippen LogP contribution >= 0.6 is 50.6 Å². The second kappa shape index (κ2) is 7.64. The molecule has 2 aromatic carbocycles. The molecule has 1 aliphatic heterocycles. The molecular formula is C19H13BrClNO2S2. The van der Waals surface area contributed by atoms with Crippen molar-refractivity contribution in [1.29, 1.82) is 0 Å². The molecule has 0 unspecified atom stereocenters. The topological polar surface area (TPSA) is 29.5 Å². The van der Waals surface area contributed by atoms with Gasteiger partial charge in [-0.3, -0.25) is 9.69 Å². The van der Waals surface area contributed by atoms with Crippen molar-refractivity contribution in [2.24, 2.45) is 0 Å². The first kappa shape index (κ1) is 17.9. The van der Waals surface area contributed by atoms with Crippen molar-refractivity contribution in [3.05, 3.63) is 74.3 Å². The molecule has 0 saturated carbocycles. The molecule has 1 aliphatic rings. The molecule has 0 aliphatic carbocycles. The van der Waals surface area contributed by atoms with E-state index in [0.717, 1.165) is 20.1 Å². The van der Waals surface area contributed by atoms with Crippen molar-refractivity contribution >= 4 is 62.2 Å². The largest absolute Gasteiger partial charge is 0.457 e. The van der Waals surface area contributed by atoms with Crippen molar-refractivity contribution in [2.45, 2.75) is 5.37 Å². The molecular weight excluding hydrogens is 454 g/mol. The Morgan fingerprint density at radius 3 is 2.27 bits per heavy atom. The highest BCUT2D eigenvalue weighted by molar-refractivity contribution is 9.11. The maximum atomic E-state index is 12.4. The van der Waals surface area contributed by atoms with Crippen molar-refractivity contribution in [1.82, 2.24) is 0 Å². The molecule has 26 heavy (non-hydrogen) atoms. The number of thioether (sulfide) groups is 1. The van der Waals surface area contributed by atoms with Crippen LogP contribution in [0.5, 0.6) is 11.5 Å². The highest BCUT2D eigenvalue weighted by atomic mass is 79.9. The summed E-state index contributed by atoms with van der Waals surface area (Å²) in [4.78, 5) is 15.4. The highest BCUT2D eigenvalue weighted by Gasteiger charge is 2.34. The second-order valence-electron chi connectivity index (χ2n) is 5.62. The third-order valence-electron chi connectivity index (χ3n) is 3.87. The van der Waals surface area contributed by atoms with E-state index >= 15 is 0 Å². The Morgan fingerprint density at radius 2 is 1.65 bits per heavy atom. The molecule has 1 saturated heterocycles. The number of anilines is 1. The van der Waals surface area contributed by atoms with Crippen LogP contribution in [0.2, 0.25) is 5.02 Å². The summed E-state index contributed by atoms with van der Waals surface area (Å²) in [6, 6.07) is 18.9. The van der Waals surface area contributed by atoms with Crippen molar-refractivity contribution in [3.8, 4) is 11.5 Å². The molecule has 1 atom stereocenters. The minimum Gasteiger partial charge on any atom is -0.457 e. The van der Waals surface area contributed by atoms with Gasteiger partial charge in [0.1, 0.15) is 16.9 Å². The summed E-state index contributed by atoms with van der Waals surface area (Å²) < 4.78 is 6.89. The van der Waals surface area contributed by atoms with E-state index in [0.29, 0.717) is 16.5 Å². The molecule has 1 amide bonds. The summed E-state index contributed by atoms with van der Waals surface area (Å²) in [5.74, 6) is 2.04. The van der Waals surface area contributed by atoms with Gasteiger partial charge in [-0.2, -0.15) is 0 Å². The van der Waals surface area contributed by atoms with Crippen LogP contribution in [-0.4, -0.2) is 11.7 Å². The fourth-order valence-corrected chi connectivity index (χ4v) is 5.63. The maximum Gasteiger partial charge on any atom is 0.238 e. The van der Waals surface area contributed by atoms with Crippen molar-refractivity contribution in [3.63, 3.8) is 0 Å². The van der Waals surface area contributed by atoms with Gasteiger partial charge in [-0.25, -0.2) is 0 Å². The van der Waals surface area contributed by atoms with Crippen molar-refractivity contribution in [2.75, 3.05) is 10.7 Å². The number of rotatable bonds is 4. The van der Waals surface area contributed by atoms with Gasteiger partial charge in [0.25, 0.3) is 0 Å². The van der Waals surface area contributed by atoms with E-state index in [2.05, 4.69) is 22.0 Å². The quantitative estimate of drug-likeness (QED) is 0.427. The summed E-state index contributed by atoms with van der Waals surface area (Å²) in [5.41, 5.74) is 0.873. The number of carbonyl (C=O) groups is 1. The summed E-state index contributed by atoms with van der Waals surface area (Å²) in [6.45, 7) is 0. The lowest BCUT2D eigenvalue weighted by Gasteiger charge is -2.23. The summed E-state index contributed by atoms with van der Waals surface area (Å²) in [7, 11) is 0. The van der Waals surface area contributed by atoms with E-state index < -0.39 is 0 Å². The fourth-order valence-electron chi connectivity index (χ4n) is 2.69. The Morgan fingerprint density at radius 1 is 1.00 bits per heavy atom. The number of benzene rings is 2. The lowest BCUT2D eigenvalue weighted by molar-refractivity contribution is -0.115. The molecule has 1 fully saturated rings. The number of carbonyl (C=O) groups excluding carboxylic acids is 1. The summed E-state index contributed by atoms with van der Waals surface area (Å²) in [6.07, 6.45) is 0. The smallest absolute Gasteiger partial charge is 0.238 e. The fraction of sp³-hybridized carbons (Fsp3) is 0.105. The molecule has 7 heteroatoms. The lowest BCUT2D eigenvalue weighted by Crippen LogP contribution is -2.27. The van der Waals surface area contributed by atoms with Crippen LogP contribution in [0.1, 0.15) is 10.3 Å². The average Bonchev–Trinajstić information content (AvgIpc) is 3.23. The summed E-state index contributed by atoms with van der Waals surface area (Å²) in [5, 5.41) is 0.686. The number of amides is 1. The Balaban J connectivity index is 1.55. The van der Waals surface area contributed by atoms with E-state index in [4.69, 9.17) is 16.3 Å². The molecule has 0 spiro atoms. The van der Waals surface area contributed by atoms with Crippen LogP contribution in [-0.2, 0) is 4.79 Å². The Hall–Kier alpha value is -1.47. The standard InChI is InChI=1S/C19H13BrClNO2S2/c20-17-10-9-16(26-17)19-22(18(23)11-25-19)13-3-7-15(8-4-13)24-14-5-1-12(21)2-6-14/h1-10,19H,11H2/t19-/m1/s1. The maximum absolute atomic E-state index is 12.4. The number of hydrogen-bond acceptors (Lipinski definition) is 4. The Labute approximate surface area is 173 Å². The van der Waals surface area contributed by atoms with Gasteiger partial charge < -0.3 is 4.74 Å². The summed E-state index contributed by atoms with van der Waals surface area (Å²) >= 11 is 12.7. The highest BCUT2D eigenvalue weighted by Crippen LogP contribution is 2.45. The van der Waals surface area contributed by atoms with E-state index in [-0.39, 0.29) is 11.3 Å². The van der Waals surface area contributed by atoms with Crippen molar-refractivity contribution < 1.29 is 9.53 Å². The molecule has 132 valence electrons. The Bertz CT molecular complexity index is 927. The van der Waals surface area contributed by atoms with Crippen LogP contribution in [0.15, 0.2) is 64.5 Å². The third-order valence-corrected chi connectivity index (χ3v) is 7.14. The first-order valence-corrected chi connectivity index (χ1v) is 10.9. The first-order chi connectivity index (χ1) is 12.6. The van der Waals surface area contributed by atoms with Crippen LogP contribution in [0.4, 0.5) is 5.69 Å². The van der Waals surface area contributed by atoms with Crippen LogP contribution in [0.25, 0.3) is 0 Å². The molecule has 3 aromatic rings. The number of thiophene rings is 1. The van der Waals surface area contributed by atoms with Gasteiger partial charge in [0.15, 0.2) is 0 Å². The minimum absolute atomic E-state index is 0.0156. The zero-order chi connectivity index (χ0) is 18.1. The van der Waals surface area contributed by atoms with E-state index in [9.17, 15) is 4.79 Å². The van der Waals surface area contributed by atoms with Gasteiger partial charge in [-0.1, -0.05) is 11.6 Å². The lowest BCUT2D eigenvalue weighted by atomic mass is 10.2. The molecule has 4 rings (SSSR count). The molecule has 0 N–H and O–H groups in total. The predicted molar refractivity (Wildman–Crippen MR) is 113 cm³/mol. The molecule has 1 aromatic heterocycles. The normalized spacial score (nSPS) is 16.9. The van der Waals surface area contributed by atoms with E-state index in [1.807, 2.05) is 47.4 Å². The van der Waals surface area contributed by atoms with Gasteiger partial charge in [0, 0.05) is 15.6 Å². The SMILES string of the molecule is O=C1CS[C@H](c2ccc(Br)s2)N1c1ccc(Oc2ccc(Cl)cc2)cc1. The van der Waals surface area contributed by atoms with Gasteiger partial charge in [0.05, 0.1) is 9.54 Å². The zero-order valence-corrected chi connectivity index (χ0v) is 17.4. The third kappa shape index (κ3) is 3.78. The first-order valence-electron chi connectivity index (χ1n) is 7.82. The van der Waals surface area contributed by atoms with E-state index in [1.165, 1.54) is 0 Å². The zero-order valence-electron chi connectivity index (χ0n) is 13.4. The molecule has 2 heterocycles. The predicted octanol–water partition coefficient (Wildman–Crippen LogP) is 6.73. The number of ether oxygens (including phenoxy) is 1. The molecule has 0 radical (unpaired) electrons. The van der Waals surface area contributed by atoms with Gasteiger partial charge >= 0.3 is 0 Å². The van der Waals surface area contributed by atoms with Gasteiger partial charge in [-0.15, -0.1) is 23.1 Å². The number of halogens is 2.